The number of rotatable bonds is 4. The van der Waals surface area contributed by atoms with Crippen LogP contribution < -0.4 is 5.32 Å². The van der Waals surface area contributed by atoms with Crippen LogP contribution in [0.15, 0.2) is 42.5 Å². The highest BCUT2D eigenvalue weighted by atomic mass is 16.2. The standard InChI is InChI=1S/C19H20N2O3/c22-15(20-14-4-2-1-3-5-14)10-11-21-18(23)16-12-6-7-13(9-8-12)17(16)19(21)24/h1-7,12-13,16-17H,8-11H2,(H,20,22)/t12-,13-,16+,17+/m0/s1. The molecule has 1 aromatic carbocycles. The van der Waals surface area contributed by atoms with Crippen molar-refractivity contribution in [2.45, 2.75) is 19.3 Å². The molecule has 5 rings (SSSR count). The van der Waals surface area contributed by atoms with Crippen molar-refractivity contribution in [2.75, 3.05) is 11.9 Å². The van der Waals surface area contributed by atoms with E-state index < -0.39 is 0 Å². The van der Waals surface area contributed by atoms with Gasteiger partial charge in [-0.05, 0) is 36.8 Å². The van der Waals surface area contributed by atoms with Gasteiger partial charge in [-0.3, -0.25) is 19.3 Å². The van der Waals surface area contributed by atoms with E-state index in [1.807, 2.05) is 30.3 Å². The number of fused-ring (bicyclic) bond motifs is 1. The molecule has 1 saturated carbocycles. The summed E-state index contributed by atoms with van der Waals surface area (Å²) in [5.41, 5.74) is 0.720. The Labute approximate surface area is 140 Å². The second-order valence-electron chi connectivity index (χ2n) is 6.83. The smallest absolute Gasteiger partial charge is 0.233 e. The van der Waals surface area contributed by atoms with Gasteiger partial charge >= 0.3 is 0 Å². The van der Waals surface area contributed by atoms with Gasteiger partial charge in [-0.25, -0.2) is 0 Å². The lowest BCUT2D eigenvalue weighted by Gasteiger charge is -2.38. The minimum Gasteiger partial charge on any atom is -0.326 e. The molecule has 0 aromatic heterocycles. The molecule has 4 aliphatic rings. The van der Waals surface area contributed by atoms with Gasteiger partial charge in [0.2, 0.25) is 17.7 Å². The maximum Gasteiger partial charge on any atom is 0.233 e. The molecule has 1 N–H and O–H groups in total. The Morgan fingerprint density at radius 2 is 1.58 bits per heavy atom. The fourth-order valence-corrected chi connectivity index (χ4v) is 4.31. The van der Waals surface area contributed by atoms with Crippen molar-refractivity contribution >= 4 is 23.4 Å². The van der Waals surface area contributed by atoms with E-state index in [0.29, 0.717) is 0 Å². The number of carbonyl (C=O) groups excluding carboxylic acids is 3. The van der Waals surface area contributed by atoms with Gasteiger partial charge in [0.05, 0.1) is 11.8 Å². The van der Waals surface area contributed by atoms with E-state index in [1.165, 1.54) is 4.90 Å². The third-order valence-corrected chi connectivity index (χ3v) is 5.47. The summed E-state index contributed by atoms with van der Waals surface area (Å²) in [7, 11) is 0. The van der Waals surface area contributed by atoms with E-state index in [0.717, 1.165) is 18.5 Å². The van der Waals surface area contributed by atoms with Crippen LogP contribution in [0, 0.1) is 23.7 Å². The number of carbonyl (C=O) groups is 3. The van der Waals surface area contributed by atoms with Gasteiger partial charge in [-0.2, -0.15) is 0 Å². The first-order valence-corrected chi connectivity index (χ1v) is 8.53. The lowest BCUT2D eigenvalue weighted by Crippen LogP contribution is -2.38. The number of para-hydroxylation sites is 1. The van der Waals surface area contributed by atoms with Gasteiger partial charge in [-0.15, -0.1) is 0 Å². The Kier molecular flexibility index (Phi) is 3.71. The molecule has 124 valence electrons. The lowest BCUT2D eigenvalue weighted by molar-refractivity contribution is -0.140. The zero-order chi connectivity index (χ0) is 16.7. The highest BCUT2D eigenvalue weighted by Gasteiger charge is 2.56. The van der Waals surface area contributed by atoms with Crippen molar-refractivity contribution < 1.29 is 14.4 Å². The second kappa shape index (κ2) is 5.89. The maximum absolute atomic E-state index is 12.7. The molecule has 2 bridgehead atoms. The first-order valence-electron chi connectivity index (χ1n) is 8.53. The minimum atomic E-state index is -0.196. The van der Waals surface area contributed by atoms with E-state index in [1.54, 1.807) is 0 Å². The molecule has 1 heterocycles. The first kappa shape index (κ1) is 15.1. The third-order valence-electron chi connectivity index (χ3n) is 5.47. The Bertz CT molecular complexity index is 681. The molecule has 24 heavy (non-hydrogen) atoms. The summed E-state index contributed by atoms with van der Waals surface area (Å²) in [6.45, 7) is 0.169. The molecule has 2 fully saturated rings. The molecular weight excluding hydrogens is 304 g/mol. The fraction of sp³-hybridized carbons (Fsp3) is 0.421. The van der Waals surface area contributed by atoms with Crippen molar-refractivity contribution in [3.05, 3.63) is 42.5 Å². The van der Waals surface area contributed by atoms with E-state index in [9.17, 15) is 14.4 Å². The number of likely N-dealkylation sites (tertiary alicyclic amines) is 1. The van der Waals surface area contributed by atoms with Gasteiger partial charge in [0, 0.05) is 18.7 Å². The van der Waals surface area contributed by atoms with E-state index >= 15 is 0 Å². The Morgan fingerprint density at radius 1 is 1.00 bits per heavy atom. The van der Waals surface area contributed by atoms with E-state index in [2.05, 4.69) is 17.5 Å². The van der Waals surface area contributed by atoms with Crippen molar-refractivity contribution in [1.82, 2.24) is 4.90 Å². The molecule has 1 aliphatic heterocycles. The Morgan fingerprint density at radius 3 is 2.12 bits per heavy atom. The van der Waals surface area contributed by atoms with Crippen LogP contribution in [0.1, 0.15) is 19.3 Å². The number of anilines is 1. The van der Waals surface area contributed by atoms with Gasteiger partial charge in [0.25, 0.3) is 0 Å². The van der Waals surface area contributed by atoms with Crippen LogP contribution in [-0.2, 0) is 14.4 Å². The van der Waals surface area contributed by atoms with Crippen molar-refractivity contribution in [3.8, 4) is 0 Å². The van der Waals surface area contributed by atoms with Crippen LogP contribution in [0.5, 0.6) is 0 Å². The van der Waals surface area contributed by atoms with Crippen LogP contribution in [0.25, 0.3) is 0 Å². The molecular formula is C19H20N2O3. The topological polar surface area (TPSA) is 66.5 Å². The first-order chi connectivity index (χ1) is 11.6. The molecule has 4 atom stereocenters. The number of nitrogens with one attached hydrogen (secondary N) is 1. The van der Waals surface area contributed by atoms with Gasteiger partial charge in [-0.1, -0.05) is 30.4 Å². The molecule has 5 heteroatoms. The lowest BCUT2D eigenvalue weighted by atomic mass is 9.63. The SMILES string of the molecule is O=C(CCN1C(=O)[C@H]2[C@H](C1=O)[C@H]1C=C[C@H]2CC1)Nc1ccccc1. The van der Waals surface area contributed by atoms with Gasteiger partial charge < -0.3 is 5.32 Å². The highest BCUT2D eigenvalue weighted by Crippen LogP contribution is 2.49. The maximum atomic E-state index is 12.7. The van der Waals surface area contributed by atoms with Crippen LogP contribution in [0.3, 0.4) is 0 Å². The monoisotopic (exact) mass is 324 g/mol. The van der Waals surface area contributed by atoms with Crippen LogP contribution in [0.2, 0.25) is 0 Å². The summed E-state index contributed by atoms with van der Waals surface area (Å²) in [6.07, 6.45) is 6.32. The van der Waals surface area contributed by atoms with Crippen LogP contribution in [-0.4, -0.2) is 29.2 Å². The van der Waals surface area contributed by atoms with Crippen molar-refractivity contribution in [1.29, 1.82) is 0 Å². The molecule has 1 saturated heterocycles. The molecule has 0 unspecified atom stereocenters. The largest absolute Gasteiger partial charge is 0.326 e. The number of imide groups is 1. The molecule has 3 aliphatic carbocycles. The fourth-order valence-electron chi connectivity index (χ4n) is 4.31. The number of amides is 3. The van der Waals surface area contributed by atoms with Crippen molar-refractivity contribution in [3.63, 3.8) is 0 Å². The Balaban J connectivity index is 1.40. The summed E-state index contributed by atoms with van der Waals surface area (Å²) in [5, 5.41) is 2.79. The van der Waals surface area contributed by atoms with Crippen molar-refractivity contribution in [2.24, 2.45) is 23.7 Å². The average molecular weight is 324 g/mol. The predicted octanol–water partition coefficient (Wildman–Crippen LogP) is 2.21. The summed E-state index contributed by atoms with van der Waals surface area (Å²) >= 11 is 0. The molecule has 5 nitrogen and oxygen atoms in total. The molecule has 0 radical (unpaired) electrons. The number of nitrogens with zero attached hydrogens (tertiary/aromatic N) is 1. The molecule has 3 amide bonds. The van der Waals surface area contributed by atoms with E-state index in [4.69, 9.17) is 0 Å². The quantitative estimate of drug-likeness (QED) is 0.682. The average Bonchev–Trinajstić information content (AvgIpc) is 2.88. The van der Waals surface area contributed by atoms with Crippen LogP contribution in [0.4, 0.5) is 5.69 Å². The number of benzene rings is 1. The second-order valence-corrected chi connectivity index (χ2v) is 6.83. The zero-order valence-corrected chi connectivity index (χ0v) is 13.4. The number of hydrogen-bond donors (Lipinski definition) is 1. The highest BCUT2D eigenvalue weighted by molar-refractivity contribution is 6.06. The van der Waals surface area contributed by atoms with E-state index in [-0.39, 0.29) is 54.4 Å². The number of allylic oxidation sites excluding steroid dienone is 2. The Hall–Kier alpha value is -2.43. The minimum absolute atomic E-state index is 0.0865. The summed E-state index contributed by atoms with van der Waals surface area (Å²) < 4.78 is 0. The van der Waals surface area contributed by atoms with Gasteiger partial charge in [0.15, 0.2) is 0 Å². The van der Waals surface area contributed by atoms with Gasteiger partial charge in [0.1, 0.15) is 0 Å². The zero-order valence-electron chi connectivity index (χ0n) is 13.4. The predicted molar refractivity (Wildman–Crippen MR) is 88.7 cm³/mol. The van der Waals surface area contributed by atoms with Crippen LogP contribution >= 0.6 is 0 Å². The number of hydrogen-bond acceptors (Lipinski definition) is 3. The summed E-state index contributed by atoms with van der Waals surface area (Å²) in [6, 6.07) is 9.18. The normalized spacial score (nSPS) is 30.6. The summed E-state index contributed by atoms with van der Waals surface area (Å²) in [4.78, 5) is 38.7. The third kappa shape index (κ3) is 2.44. The molecule has 0 spiro atoms. The summed E-state index contributed by atoms with van der Waals surface area (Å²) in [5.74, 6) is -0.359. The molecule has 1 aromatic rings.